The minimum Gasteiger partial charge on any atom is -0.460 e. The second-order valence-corrected chi connectivity index (χ2v) is 9.52. The van der Waals surface area contributed by atoms with E-state index in [2.05, 4.69) is 19.7 Å². The van der Waals surface area contributed by atoms with Crippen LogP contribution >= 0.6 is 7.82 Å². The molecule has 0 saturated carbocycles. The Morgan fingerprint density at radius 1 is 0.600 bits per heavy atom. The van der Waals surface area contributed by atoms with Gasteiger partial charge < -0.3 is 14.2 Å². The highest BCUT2D eigenvalue weighted by Crippen LogP contribution is 2.53. The summed E-state index contributed by atoms with van der Waals surface area (Å²) in [6, 6.07) is 0. The van der Waals surface area contributed by atoms with Crippen molar-refractivity contribution in [3.05, 3.63) is 36.5 Å². The number of esters is 3. The Morgan fingerprint density at radius 2 is 0.829 bits per heavy atom. The second-order valence-electron chi connectivity index (χ2n) is 7.99. The molecule has 0 spiro atoms. The second kappa shape index (κ2) is 16.4. The summed E-state index contributed by atoms with van der Waals surface area (Å²) in [6.45, 7) is 19.6. The van der Waals surface area contributed by atoms with Gasteiger partial charge in [0.25, 0.3) is 0 Å². The number of phosphoric ester groups is 1. The predicted molar refractivity (Wildman–Crippen MR) is 130 cm³/mol. The van der Waals surface area contributed by atoms with Gasteiger partial charge in [-0.25, -0.2) is 18.9 Å². The summed E-state index contributed by atoms with van der Waals surface area (Å²) in [6.07, 6.45) is -1.59. The van der Waals surface area contributed by atoms with Gasteiger partial charge in [-0.1, -0.05) is 40.5 Å². The molecule has 0 aromatic carbocycles. The number of carbonyl (C=O) groups excluding carboxylic acids is 3. The van der Waals surface area contributed by atoms with Crippen molar-refractivity contribution in [3.8, 4) is 0 Å². The molecule has 0 N–H and O–H groups in total. The molecule has 0 heterocycles. The van der Waals surface area contributed by atoms with E-state index < -0.39 is 44.0 Å². The summed E-state index contributed by atoms with van der Waals surface area (Å²) >= 11 is 0. The van der Waals surface area contributed by atoms with E-state index >= 15 is 0 Å². The summed E-state index contributed by atoms with van der Waals surface area (Å²) in [4.78, 5) is 35.3. The van der Waals surface area contributed by atoms with Crippen LogP contribution in [0.15, 0.2) is 36.5 Å². The number of rotatable bonds is 18. The Balaban J connectivity index is 5.64. The highest BCUT2D eigenvalue weighted by atomic mass is 31.2. The molecular weight excluding hydrogens is 479 g/mol. The number of carbonyl (C=O) groups is 3. The van der Waals surface area contributed by atoms with E-state index in [-0.39, 0.29) is 36.5 Å². The fourth-order valence-corrected chi connectivity index (χ4v) is 4.04. The van der Waals surface area contributed by atoms with E-state index in [9.17, 15) is 18.9 Å². The van der Waals surface area contributed by atoms with Crippen LogP contribution in [-0.4, -0.2) is 56.0 Å². The monoisotopic (exact) mass is 518 g/mol. The predicted octanol–water partition coefficient (Wildman–Crippen LogP) is 4.84. The third kappa shape index (κ3) is 13.4. The molecule has 0 fully saturated rings. The van der Waals surface area contributed by atoms with Crippen molar-refractivity contribution in [1.29, 1.82) is 0 Å². The zero-order chi connectivity index (χ0) is 27.2. The number of hydrogen-bond donors (Lipinski definition) is 0. The quantitative estimate of drug-likeness (QED) is 0.108. The van der Waals surface area contributed by atoms with Gasteiger partial charge in [0.05, 0.1) is 0 Å². The maximum absolute atomic E-state index is 13.7. The first kappa shape index (κ1) is 32.7. The average molecular weight is 519 g/mol. The molecule has 0 radical (unpaired) electrons. The van der Waals surface area contributed by atoms with E-state index in [0.717, 1.165) is 0 Å². The van der Waals surface area contributed by atoms with Crippen molar-refractivity contribution in [1.82, 2.24) is 0 Å². The standard InChI is InChI=1S/C24H39O10P/c1-10-19(13-29-22(25)16(4)5)32-35(28,33-20(11-2)14-30-23(26)17(6)7)34-21(12-3)15-31-24(27)18(8)9/h19-21H,4,6,8,10-15H2,1-3,5,7,9H3. The van der Waals surface area contributed by atoms with Gasteiger partial charge >= 0.3 is 25.7 Å². The summed E-state index contributed by atoms with van der Waals surface area (Å²) in [5.74, 6) is -1.87. The van der Waals surface area contributed by atoms with Crippen molar-refractivity contribution in [2.75, 3.05) is 19.8 Å². The van der Waals surface area contributed by atoms with Crippen LogP contribution in [0, 0.1) is 0 Å². The van der Waals surface area contributed by atoms with Gasteiger partial charge in [-0.15, -0.1) is 0 Å². The molecular formula is C24H39O10P. The first-order chi connectivity index (χ1) is 16.3. The van der Waals surface area contributed by atoms with Crippen LogP contribution in [0.4, 0.5) is 0 Å². The first-order valence-corrected chi connectivity index (χ1v) is 12.9. The van der Waals surface area contributed by atoms with Crippen LogP contribution in [0.2, 0.25) is 0 Å². The van der Waals surface area contributed by atoms with Crippen molar-refractivity contribution in [2.45, 2.75) is 79.1 Å². The molecule has 0 rings (SSSR count). The van der Waals surface area contributed by atoms with E-state index in [1.165, 1.54) is 20.8 Å². The van der Waals surface area contributed by atoms with Crippen LogP contribution in [0.25, 0.3) is 0 Å². The fraction of sp³-hybridized carbons (Fsp3) is 0.625. The smallest absolute Gasteiger partial charge is 0.460 e. The number of hydrogen-bond acceptors (Lipinski definition) is 10. The molecule has 3 atom stereocenters. The largest absolute Gasteiger partial charge is 0.475 e. The van der Waals surface area contributed by atoms with Crippen LogP contribution in [0.3, 0.4) is 0 Å². The Morgan fingerprint density at radius 3 is 1.00 bits per heavy atom. The SMILES string of the molecule is C=C(C)C(=O)OCC(CC)OP(=O)(OC(CC)COC(=O)C(=C)C)OC(CC)COC(=O)C(=C)C. The Bertz CT molecular complexity index is 715. The normalized spacial score (nSPS) is 15.1. The van der Waals surface area contributed by atoms with Crippen LogP contribution in [0.5, 0.6) is 0 Å². The lowest BCUT2D eigenvalue weighted by Crippen LogP contribution is -2.28. The molecule has 0 aliphatic carbocycles. The third-order valence-electron chi connectivity index (χ3n) is 4.45. The Labute approximate surface area is 208 Å². The lowest BCUT2D eigenvalue weighted by Gasteiger charge is -2.29. The highest BCUT2D eigenvalue weighted by molar-refractivity contribution is 7.48. The first-order valence-electron chi connectivity index (χ1n) is 11.4. The van der Waals surface area contributed by atoms with E-state index in [4.69, 9.17) is 27.8 Å². The minimum atomic E-state index is -4.33. The van der Waals surface area contributed by atoms with Gasteiger partial charge in [-0.3, -0.25) is 13.6 Å². The minimum absolute atomic E-state index is 0.200. The molecule has 0 saturated heterocycles. The maximum atomic E-state index is 13.7. The third-order valence-corrected chi connectivity index (χ3v) is 6.12. The molecule has 35 heavy (non-hydrogen) atoms. The lowest BCUT2D eigenvalue weighted by molar-refractivity contribution is -0.143. The average Bonchev–Trinajstić information content (AvgIpc) is 2.80. The molecule has 0 aliphatic heterocycles. The molecule has 0 amide bonds. The fourth-order valence-electron chi connectivity index (χ4n) is 2.17. The number of ether oxygens (including phenoxy) is 3. The number of phosphoric acid groups is 1. The van der Waals surface area contributed by atoms with Gasteiger partial charge in [-0.05, 0) is 40.0 Å². The van der Waals surface area contributed by atoms with Gasteiger partial charge in [0.1, 0.15) is 38.1 Å². The Hall–Kier alpha value is -2.26. The van der Waals surface area contributed by atoms with E-state index in [0.29, 0.717) is 19.3 Å². The zero-order valence-corrected chi connectivity index (χ0v) is 22.5. The molecule has 11 heteroatoms. The van der Waals surface area contributed by atoms with Crippen LogP contribution in [-0.2, 0) is 46.7 Å². The van der Waals surface area contributed by atoms with E-state index in [1.54, 1.807) is 20.8 Å². The van der Waals surface area contributed by atoms with Gasteiger partial charge in [0, 0.05) is 16.7 Å². The molecule has 10 nitrogen and oxygen atoms in total. The van der Waals surface area contributed by atoms with Crippen molar-refractivity contribution in [2.24, 2.45) is 0 Å². The molecule has 0 aromatic heterocycles. The van der Waals surface area contributed by atoms with Crippen molar-refractivity contribution in [3.63, 3.8) is 0 Å². The van der Waals surface area contributed by atoms with Crippen molar-refractivity contribution >= 4 is 25.7 Å². The zero-order valence-electron chi connectivity index (χ0n) is 21.6. The summed E-state index contributed by atoms with van der Waals surface area (Å²) < 4.78 is 46.1. The maximum Gasteiger partial charge on any atom is 0.475 e. The summed E-state index contributed by atoms with van der Waals surface area (Å²) in [7, 11) is -4.33. The van der Waals surface area contributed by atoms with Gasteiger partial charge in [0.2, 0.25) is 0 Å². The highest BCUT2D eigenvalue weighted by Gasteiger charge is 2.37. The van der Waals surface area contributed by atoms with Crippen LogP contribution in [0.1, 0.15) is 60.8 Å². The lowest BCUT2D eigenvalue weighted by atomic mass is 10.3. The topological polar surface area (TPSA) is 124 Å². The molecule has 0 bridgehead atoms. The Kier molecular flexibility index (Phi) is 15.4. The van der Waals surface area contributed by atoms with Crippen molar-refractivity contribution < 1.29 is 46.7 Å². The van der Waals surface area contributed by atoms with Gasteiger partial charge in [0.15, 0.2) is 0 Å². The summed E-state index contributed by atoms with van der Waals surface area (Å²) in [5, 5.41) is 0. The molecule has 3 unspecified atom stereocenters. The molecule has 0 aliphatic rings. The van der Waals surface area contributed by atoms with E-state index in [1.807, 2.05) is 0 Å². The van der Waals surface area contributed by atoms with Gasteiger partial charge in [-0.2, -0.15) is 0 Å². The molecule has 200 valence electrons. The summed E-state index contributed by atoms with van der Waals surface area (Å²) in [5.41, 5.74) is 0.601. The van der Waals surface area contributed by atoms with Crippen LogP contribution < -0.4 is 0 Å². The molecule has 0 aromatic rings.